The summed E-state index contributed by atoms with van der Waals surface area (Å²) in [5.74, 6) is -2.01. The van der Waals surface area contributed by atoms with Crippen LogP contribution >= 0.6 is 23.5 Å². The lowest BCUT2D eigenvalue weighted by Gasteiger charge is -2.24. The monoisotopic (exact) mass is 515 g/mol. The van der Waals surface area contributed by atoms with E-state index in [4.69, 9.17) is 16.3 Å². The maximum absolute atomic E-state index is 15.1. The van der Waals surface area contributed by atoms with Gasteiger partial charge in [-0.1, -0.05) is 67.3 Å². The van der Waals surface area contributed by atoms with Gasteiger partial charge in [0.1, 0.15) is 18.1 Å². The first kappa shape index (κ1) is 25.7. The van der Waals surface area contributed by atoms with E-state index in [0.29, 0.717) is 17.5 Å². The number of ether oxygens (including phenoxy) is 1. The molecule has 0 saturated heterocycles. The number of halogens is 3. The molecule has 0 heterocycles. The van der Waals surface area contributed by atoms with Gasteiger partial charge in [-0.3, -0.25) is 0 Å². The lowest BCUT2D eigenvalue weighted by molar-refractivity contribution is -0.119. The van der Waals surface area contributed by atoms with Gasteiger partial charge in [-0.05, 0) is 78.2 Å². The first-order chi connectivity index (χ1) is 17.0. The van der Waals surface area contributed by atoms with Gasteiger partial charge in [0.15, 0.2) is 0 Å². The highest BCUT2D eigenvalue weighted by atomic mass is 35.5. The second kappa shape index (κ2) is 12.0. The van der Waals surface area contributed by atoms with Crippen molar-refractivity contribution in [1.29, 1.82) is 0 Å². The Bertz CT molecular complexity index is 1090. The molecule has 4 rings (SSSR count). The van der Waals surface area contributed by atoms with Gasteiger partial charge in [0.05, 0.1) is 6.61 Å². The molecule has 0 aromatic heterocycles. The van der Waals surface area contributed by atoms with Crippen molar-refractivity contribution in [3.8, 4) is 16.9 Å². The fraction of sp³-hybridized carbons (Fsp3) is 0.321. The molecule has 35 heavy (non-hydrogen) atoms. The predicted octanol–water partition coefficient (Wildman–Crippen LogP) is 7.92. The van der Waals surface area contributed by atoms with Crippen LogP contribution in [0.4, 0.5) is 8.78 Å². The molecule has 3 aromatic carbocycles. The summed E-state index contributed by atoms with van der Waals surface area (Å²) in [6.07, 6.45) is 6.52. The molecule has 1 unspecified atom stereocenters. The summed E-state index contributed by atoms with van der Waals surface area (Å²) in [4.78, 5) is 12.3. The topological polar surface area (TPSA) is 38.3 Å². The molecule has 1 aliphatic rings. The van der Waals surface area contributed by atoms with Crippen molar-refractivity contribution >= 4 is 29.8 Å². The van der Waals surface area contributed by atoms with E-state index < -0.39 is 12.0 Å². The first-order valence-corrected chi connectivity index (χ1v) is 13.0. The van der Waals surface area contributed by atoms with Crippen LogP contribution in [-0.4, -0.2) is 18.9 Å². The molecule has 7 heteroatoms. The van der Waals surface area contributed by atoms with Crippen molar-refractivity contribution in [2.75, 3.05) is 6.61 Å². The van der Waals surface area contributed by atoms with Gasteiger partial charge in [0.25, 0.3) is 5.92 Å². The van der Waals surface area contributed by atoms with Crippen LogP contribution in [0.5, 0.6) is 5.75 Å². The van der Waals surface area contributed by atoms with Crippen LogP contribution in [0.25, 0.3) is 11.1 Å². The number of hydrogen-bond donors (Lipinski definition) is 1. The third kappa shape index (κ3) is 6.84. The second-order valence-corrected chi connectivity index (χ2v) is 10.2. The molecule has 0 aliphatic heterocycles. The summed E-state index contributed by atoms with van der Waals surface area (Å²) >= 11 is 6.91. The number of rotatable bonds is 10. The first-order valence-electron chi connectivity index (χ1n) is 11.8. The molecule has 1 atom stereocenters. The Morgan fingerprint density at radius 1 is 0.943 bits per heavy atom. The highest BCUT2D eigenvalue weighted by molar-refractivity contribution is 7.97. The van der Waals surface area contributed by atoms with E-state index in [-0.39, 0.29) is 11.8 Å². The molecule has 0 amide bonds. The van der Waals surface area contributed by atoms with E-state index in [0.717, 1.165) is 33.7 Å². The highest BCUT2D eigenvalue weighted by Crippen LogP contribution is 2.34. The second-order valence-electron chi connectivity index (χ2n) is 8.83. The minimum absolute atomic E-state index is 0.230. The highest BCUT2D eigenvalue weighted by Gasteiger charge is 2.41. The van der Waals surface area contributed by atoms with Crippen LogP contribution in [0.3, 0.4) is 0 Å². The maximum atomic E-state index is 15.1. The molecule has 3 aromatic rings. The van der Waals surface area contributed by atoms with Gasteiger partial charge in [-0.2, -0.15) is 8.78 Å². The van der Waals surface area contributed by atoms with Crippen LogP contribution in [0.15, 0.2) is 77.7 Å². The third-order valence-electron chi connectivity index (χ3n) is 6.31. The average molecular weight is 516 g/mol. The van der Waals surface area contributed by atoms with E-state index in [9.17, 15) is 4.79 Å². The number of aldehydes is 1. The van der Waals surface area contributed by atoms with Gasteiger partial charge in [-0.15, -0.1) is 0 Å². The van der Waals surface area contributed by atoms with Crippen molar-refractivity contribution in [3.05, 3.63) is 83.4 Å². The molecule has 0 radical (unpaired) electrons. The average Bonchev–Trinajstić information content (AvgIpc) is 2.89. The fourth-order valence-corrected chi connectivity index (χ4v) is 5.06. The molecule has 1 N–H and O–H groups in total. The summed E-state index contributed by atoms with van der Waals surface area (Å²) in [6.45, 7) is 0.709. The Hall–Kier alpha value is -2.41. The van der Waals surface area contributed by atoms with Crippen molar-refractivity contribution in [2.45, 2.75) is 49.0 Å². The number of nitrogens with one attached hydrogen (secondary N) is 1. The Morgan fingerprint density at radius 3 is 2.14 bits per heavy atom. The summed E-state index contributed by atoms with van der Waals surface area (Å²) in [7, 11) is 0. The van der Waals surface area contributed by atoms with Gasteiger partial charge in [-0.25, -0.2) is 4.72 Å². The fourth-order valence-electron chi connectivity index (χ4n) is 4.20. The van der Waals surface area contributed by atoms with Gasteiger partial charge >= 0.3 is 0 Å². The molecule has 1 saturated carbocycles. The Kier molecular flexibility index (Phi) is 8.82. The van der Waals surface area contributed by atoms with Gasteiger partial charge in [0.2, 0.25) is 0 Å². The number of hydrogen-bond acceptors (Lipinski definition) is 4. The smallest absolute Gasteiger partial charge is 0.295 e. The van der Waals surface area contributed by atoms with Gasteiger partial charge in [0, 0.05) is 15.5 Å². The zero-order valence-electron chi connectivity index (χ0n) is 19.3. The van der Waals surface area contributed by atoms with Crippen LogP contribution in [0.1, 0.15) is 37.7 Å². The predicted molar refractivity (Wildman–Crippen MR) is 138 cm³/mol. The van der Waals surface area contributed by atoms with E-state index in [1.165, 1.54) is 44.2 Å². The Morgan fingerprint density at radius 2 is 1.54 bits per heavy atom. The van der Waals surface area contributed by atoms with Crippen LogP contribution in [-0.2, 0) is 10.7 Å². The van der Waals surface area contributed by atoms with Crippen LogP contribution < -0.4 is 9.46 Å². The zero-order chi connectivity index (χ0) is 24.7. The largest absolute Gasteiger partial charge is 0.493 e. The van der Waals surface area contributed by atoms with E-state index in [1.807, 2.05) is 24.3 Å². The quantitative estimate of drug-likeness (QED) is 0.220. The van der Waals surface area contributed by atoms with E-state index >= 15 is 8.78 Å². The lowest BCUT2D eigenvalue weighted by Crippen LogP contribution is -2.41. The summed E-state index contributed by atoms with van der Waals surface area (Å²) in [6, 6.07) is 18.7. The van der Waals surface area contributed by atoms with Crippen molar-refractivity contribution in [2.24, 2.45) is 5.92 Å². The van der Waals surface area contributed by atoms with Crippen LogP contribution in [0, 0.1) is 5.92 Å². The minimum atomic E-state index is -3.38. The lowest BCUT2D eigenvalue weighted by atomic mass is 9.90. The standard InChI is InChI=1S/C28H28ClF2NO2S/c29-24-12-8-22(9-13-24)21-6-10-23(11-7-21)28(30,31)27(18-33)32-35-26-16-14-25(15-17-26)34-19-20-4-2-1-3-5-20/h6-18,20,27,32H,1-5,19H2. The third-order valence-corrected chi connectivity index (χ3v) is 7.44. The van der Waals surface area contributed by atoms with E-state index in [2.05, 4.69) is 4.72 Å². The minimum Gasteiger partial charge on any atom is -0.493 e. The van der Waals surface area contributed by atoms with Crippen LogP contribution in [0.2, 0.25) is 5.02 Å². The number of carbonyl (C=O) groups excluding carboxylic acids is 1. The normalized spacial score (nSPS) is 15.5. The number of carbonyl (C=O) groups is 1. The van der Waals surface area contributed by atoms with Crippen molar-refractivity contribution < 1.29 is 18.3 Å². The molecule has 1 aliphatic carbocycles. The summed E-state index contributed by atoms with van der Waals surface area (Å²) in [5.41, 5.74) is 1.43. The van der Waals surface area contributed by atoms with Gasteiger partial charge < -0.3 is 9.53 Å². The molecule has 0 bridgehead atoms. The SMILES string of the molecule is O=CC(NSc1ccc(OCC2CCCCC2)cc1)C(F)(F)c1ccc(-c2ccc(Cl)cc2)cc1. The van der Waals surface area contributed by atoms with E-state index in [1.54, 1.807) is 36.4 Å². The molecule has 3 nitrogen and oxygen atoms in total. The summed E-state index contributed by atoms with van der Waals surface area (Å²) in [5, 5.41) is 0.607. The number of benzene rings is 3. The maximum Gasteiger partial charge on any atom is 0.295 e. The number of alkyl halides is 2. The molecule has 184 valence electrons. The molecular weight excluding hydrogens is 488 g/mol. The molecular formula is C28H28ClF2NO2S. The zero-order valence-corrected chi connectivity index (χ0v) is 20.8. The molecule has 1 fully saturated rings. The van der Waals surface area contributed by atoms with Crippen molar-refractivity contribution in [3.63, 3.8) is 0 Å². The molecule has 0 spiro atoms. The Balaban J connectivity index is 1.33. The van der Waals surface area contributed by atoms with Crippen molar-refractivity contribution in [1.82, 2.24) is 4.72 Å². The summed E-state index contributed by atoms with van der Waals surface area (Å²) < 4.78 is 38.7. The Labute approximate surface area is 214 Å².